The van der Waals surface area contributed by atoms with E-state index >= 15 is 0 Å². The van der Waals surface area contributed by atoms with Gasteiger partial charge in [-0.15, -0.1) is 5.10 Å². The van der Waals surface area contributed by atoms with Crippen LogP contribution < -0.4 is 5.32 Å². The number of carbonyl (C=O) groups excluding carboxylic acids is 1. The maximum Gasteiger partial charge on any atom is 0.237 e. The zero-order valence-corrected chi connectivity index (χ0v) is 15.0. The predicted octanol–water partition coefficient (Wildman–Crippen LogP) is 4.52. The lowest BCUT2D eigenvalue weighted by Crippen LogP contribution is -2.23. The number of carbonyl (C=O) groups is 1. The Kier molecular flexibility index (Phi) is 5.53. The van der Waals surface area contributed by atoms with Crippen LogP contribution in [0.2, 0.25) is 5.02 Å². The van der Waals surface area contributed by atoms with Crippen molar-refractivity contribution >= 4 is 35.0 Å². The van der Waals surface area contributed by atoms with Gasteiger partial charge in [-0.05, 0) is 43.3 Å². The van der Waals surface area contributed by atoms with Crippen molar-refractivity contribution < 1.29 is 13.6 Å². The molecule has 3 aromatic rings. The van der Waals surface area contributed by atoms with Crippen molar-refractivity contribution in [3.05, 3.63) is 59.1 Å². The summed E-state index contributed by atoms with van der Waals surface area (Å²) in [6.45, 7) is 1.62. The monoisotopic (exact) mass is 394 g/mol. The Morgan fingerprint density at radius 1 is 1.23 bits per heavy atom. The molecule has 0 saturated carbocycles. The van der Waals surface area contributed by atoms with Gasteiger partial charge in [-0.3, -0.25) is 9.89 Å². The summed E-state index contributed by atoms with van der Waals surface area (Å²) in [5, 5.41) is 9.55. The fourth-order valence-corrected chi connectivity index (χ4v) is 2.93. The van der Waals surface area contributed by atoms with Crippen LogP contribution in [0.1, 0.15) is 6.92 Å². The molecule has 1 amide bonds. The number of rotatable bonds is 5. The first kappa shape index (κ1) is 18.3. The van der Waals surface area contributed by atoms with E-state index in [1.54, 1.807) is 31.2 Å². The second-order valence-electron chi connectivity index (χ2n) is 5.35. The van der Waals surface area contributed by atoms with Crippen LogP contribution in [0.3, 0.4) is 0 Å². The van der Waals surface area contributed by atoms with Crippen LogP contribution in [-0.2, 0) is 4.79 Å². The molecule has 0 aliphatic carbocycles. The fourth-order valence-electron chi connectivity index (χ4n) is 2.08. The van der Waals surface area contributed by atoms with Crippen molar-refractivity contribution in [3.8, 4) is 11.4 Å². The normalized spacial score (nSPS) is 12.0. The molecular weight excluding hydrogens is 382 g/mol. The number of H-pyrrole nitrogens is 1. The number of hydrogen-bond donors (Lipinski definition) is 2. The molecule has 0 fully saturated rings. The Hall–Kier alpha value is -2.45. The number of hydrogen-bond acceptors (Lipinski definition) is 4. The molecular formula is C17H13ClF2N4OS. The number of aromatic nitrogens is 3. The Balaban J connectivity index is 1.66. The highest BCUT2D eigenvalue weighted by molar-refractivity contribution is 8.00. The molecule has 0 radical (unpaired) electrons. The van der Waals surface area contributed by atoms with E-state index in [1.807, 2.05) is 0 Å². The number of nitrogens with zero attached hydrogens (tertiary/aromatic N) is 2. The first-order valence-corrected chi connectivity index (χ1v) is 8.79. The van der Waals surface area contributed by atoms with Crippen LogP contribution in [-0.4, -0.2) is 26.3 Å². The molecule has 3 rings (SSSR count). The van der Waals surface area contributed by atoms with Crippen molar-refractivity contribution in [1.29, 1.82) is 0 Å². The van der Waals surface area contributed by atoms with Crippen molar-refractivity contribution in [2.45, 2.75) is 17.3 Å². The van der Waals surface area contributed by atoms with Gasteiger partial charge in [0.1, 0.15) is 11.6 Å². The minimum absolute atomic E-state index is 0.209. The average Bonchev–Trinajstić information content (AvgIpc) is 3.07. The fraction of sp³-hybridized carbons (Fsp3) is 0.118. The lowest BCUT2D eigenvalue weighted by Gasteiger charge is -2.10. The van der Waals surface area contributed by atoms with Crippen LogP contribution in [0.5, 0.6) is 0 Å². The second-order valence-corrected chi connectivity index (χ2v) is 7.09. The summed E-state index contributed by atoms with van der Waals surface area (Å²) in [6, 6.07) is 9.91. The summed E-state index contributed by atoms with van der Waals surface area (Å²) in [5.74, 6) is -1.30. The van der Waals surface area contributed by atoms with Crippen LogP contribution in [0.4, 0.5) is 14.5 Å². The summed E-state index contributed by atoms with van der Waals surface area (Å²) in [6.07, 6.45) is 0. The lowest BCUT2D eigenvalue weighted by molar-refractivity contribution is -0.115. The molecule has 0 aliphatic heterocycles. The predicted molar refractivity (Wildman–Crippen MR) is 97.1 cm³/mol. The summed E-state index contributed by atoms with van der Waals surface area (Å²) in [5.41, 5.74) is 0.590. The highest BCUT2D eigenvalue weighted by atomic mass is 35.5. The molecule has 1 aromatic heterocycles. The molecule has 0 saturated heterocycles. The molecule has 2 aromatic carbocycles. The largest absolute Gasteiger partial charge is 0.323 e. The maximum atomic E-state index is 13.6. The van der Waals surface area contributed by atoms with Gasteiger partial charge >= 0.3 is 0 Å². The van der Waals surface area contributed by atoms with Gasteiger partial charge in [0.25, 0.3) is 0 Å². The van der Waals surface area contributed by atoms with Crippen LogP contribution in [0.15, 0.2) is 47.6 Å². The smallest absolute Gasteiger partial charge is 0.237 e. The van der Waals surface area contributed by atoms with Crippen molar-refractivity contribution in [2.24, 2.45) is 0 Å². The third kappa shape index (κ3) is 4.39. The van der Waals surface area contributed by atoms with Gasteiger partial charge in [-0.25, -0.2) is 13.8 Å². The molecule has 1 unspecified atom stereocenters. The summed E-state index contributed by atoms with van der Waals surface area (Å²) < 4.78 is 26.8. The third-order valence-electron chi connectivity index (χ3n) is 3.42. The Labute approximate surface area is 157 Å². The number of amides is 1. The first-order chi connectivity index (χ1) is 12.4. The average molecular weight is 395 g/mol. The standard InChI is InChI=1S/C17H13ClF2N4OS/c1-9(16(25)21-14-8-12(19)6-7-13(14)20)26-17-22-15(23-24-17)10-2-4-11(18)5-3-10/h2-9H,1H3,(H,21,25)(H,22,23,24). The van der Waals surface area contributed by atoms with Crippen LogP contribution in [0, 0.1) is 11.6 Å². The van der Waals surface area contributed by atoms with Crippen molar-refractivity contribution in [3.63, 3.8) is 0 Å². The molecule has 134 valence electrons. The van der Waals surface area contributed by atoms with E-state index in [2.05, 4.69) is 20.5 Å². The number of thioether (sulfide) groups is 1. The Morgan fingerprint density at radius 2 is 1.96 bits per heavy atom. The van der Waals surface area contributed by atoms with Gasteiger partial charge in [0.15, 0.2) is 5.82 Å². The first-order valence-electron chi connectivity index (χ1n) is 7.53. The number of aromatic amines is 1. The molecule has 9 heteroatoms. The van der Waals surface area contributed by atoms with E-state index in [0.29, 0.717) is 16.0 Å². The number of benzene rings is 2. The SMILES string of the molecule is CC(Sc1n[nH]c(-c2ccc(Cl)cc2)n1)C(=O)Nc1cc(F)ccc1F. The quantitative estimate of drug-likeness (QED) is 0.624. The van der Waals surface area contributed by atoms with E-state index in [4.69, 9.17) is 11.6 Å². The van der Waals surface area contributed by atoms with Gasteiger partial charge < -0.3 is 5.32 Å². The molecule has 1 atom stereocenters. The third-order valence-corrected chi connectivity index (χ3v) is 4.63. The summed E-state index contributed by atoms with van der Waals surface area (Å²) in [4.78, 5) is 16.5. The molecule has 0 spiro atoms. The molecule has 2 N–H and O–H groups in total. The van der Waals surface area contributed by atoms with Gasteiger partial charge in [0.05, 0.1) is 10.9 Å². The van der Waals surface area contributed by atoms with E-state index in [-0.39, 0.29) is 5.69 Å². The maximum absolute atomic E-state index is 13.6. The van der Waals surface area contributed by atoms with Crippen LogP contribution in [0.25, 0.3) is 11.4 Å². The Morgan fingerprint density at radius 3 is 2.69 bits per heavy atom. The molecule has 5 nitrogen and oxygen atoms in total. The number of nitrogens with one attached hydrogen (secondary N) is 2. The number of anilines is 1. The molecule has 0 aliphatic rings. The minimum Gasteiger partial charge on any atom is -0.323 e. The topological polar surface area (TPSA) is 70.7 Å². The zero-order valence-electron chi connectivity index (χ0n) is 13.5. The van der Waals surface area contributed by atoms with Gasteiger partial charge in [-0.2, -0.15) is 0 Å². The number of halogens is 3. The minimum atomic E-state index is -0.708. The second kappa shape index (κ2) is 7.84. The lowest BCUT2D eigenvalue weighted by atomic mass is 10.2. The molecule has 0 bridgehead atoms. The van der Waals surface area contributed by atoms with Crippen LogP contribution >= 0.6 is 23.4 Å². The van der Waals surface area contributed by atoms with E-state index in [0.717, 1.165) is 35.5 Å². The Bertz CT molecular complexity index is 933. The van der Waals surface area contributed by atoms with Crippen molar-refractivity contribution in [2.75, 3.05) is 5.32 Å². The van der Waals surface area contributed by atoms with E-state index in [9.17, 15) is 13.6 Å². The van der Waals surface area contributed by atoms with E-state index < -0.39 is 22.8 Å². The summed E-state index contributed by atoms with van der Waals surface area (Å²) >= 11 is 6.94. The highest BCUT2D eigenvalue weighted by Crippen LogP contribution is 2.25. The highest BCUT2D eigenvalue weighted by Gasteiger charge is 2.19. The van der Waals surface area contributed by atoms with E-state index in [1.165, 1.54) is 0 Å². The van der Waals surface area contributed by atoms with Gasteiger partial charge in [0.2, 0.25) is 11.1 Å². The zero-order chi connectivity index (χ0) is 18.7. The molecule has 1 heterocycles. The molecule has 26 heavy (non-hydrogen) atoms. The summed E-state index contributed by atoms with van der Waals surface area (Å²) in [7, 11) is 0. The van der Waals surface area contributed by atoms with Crippen molar-refractivity contribution in [1.82, 2.24) is 15.2 Å². The van der Waals surface area contributed by atoms with Gasteiger partial charge in [-0.1, -0.05) is 23.4 Å². The van der Waals surface area contributed by atoms with Gasteiger partial charge in [0, 0.05) is 16.7 Å².